The minimum atomic E-state index is -1.29. The van der Waals surface area contributed by atoms with Crippen molar-refractivity contribution in [2.45, 2.75) is 37.8 Å². The van der Waals surface area contributed by atoms with E-state index in [4.69, 9.17) is 11.6 Å². The molecule has 0 radical (unpaired) electrons. The fraction of sp³-hybridized carbons (Fsp3) is 0.375. The van der Waals surface area contributed by atoms with E-state index in [0.717, 1.165) is 18.4 Å². The Morgan fingerprint density at radius 3 is 2.55 bits per heavy atom. The number of benzene rings is 2. The van der Waals surface area contributed by atoms with Crippen LogP contribution in [0.4, 0.5) is 5.69 Å². The molecule has 4 atom stereocenters. The second-order valence-corrected chi connectivity index (χ2v) is 8.96. The van der Waals surface area contributed by atoms with Crippen LogP contribution in [0.25, 0.3) is 0 Å². The van der Waals surface area contributed by atoms with Gasteiger partial charge >= 0.3 is 0 Å². The Bertz CT molecular complexity index is 1070. The molecule has 6 nitrogen and oxygen atoms in total. The normalized spacial score (nSPS) is 28.9. The van der Waals surface area contributed by atoms with Crippen molar-refractivity contribution >= 4 is 35.0 Å². The molecule has 0 saturated carbocycles. The first-order valence-electron chi connectivity index (χ1n) is 10.8. The number of unbranched alkanes of at least 4 members (excludes halogenated alkanes) is 1. The highest BCUT2D eigenvalue weighted by atomic mass is 35.5. The monoisotopic (exact) mass is 437 g/mol. The molecule has 2 aromatic rings. The van der Waals surface area contributed by atoms with E-state index in [2.05, 4.69) is 10.6 Å². The van der Waals surface area contributed by atoms with Gasteiger partial charge in [0.15, 0.2) is 0 Å². The Kier molecular flexibility index (Phi) is 4.87. The summed E-state index contributed by atoms with van der Waals surface area (Å²) in [5.41, 5.74) is 0.924. The van der Waals surface area contributed by atoms with Gasteiger partial charge in [-0.2, -0.15) is 0 Å². The second-order valence-electron chi connectivity index (χ2n) is 8.55. The van der Waals surface area contributed by atoms with Gasteiger partial charge in [-0.3, -0.25) is 24.6 Å². The predicted octanol–water partition coefficient (Wildman–Crippen LogP) is 3.10. The summed E-state index contributed by atoms with van der Waals surface area (Å²) < 4.78 is 0. The summed E-state index contributed by atoms with van der Waals surface area (Å²) in [5.74, 6) is -2.16. The number of nitrogens with zero attached hydrogens (tertiary/aromatic N) is 1. The molecule has 2 aromatic carbocycles. The molecular formula is C24H24ClN3O3. The summed E-state index contributed by atoms with van der Waals surface area (Å²) in [6.45, 7) is 2.41. The third-order valence-electron chi connectivity index (χ3n) is 6.82. The molecule has 160 valence electrons. The van der Waals surface area contributed by atoms with Gasteiger partial charge in [-0.1, -0.05) is 67.4 Å². The summed E-state index contributed by atoms with van der Waals surface area (Å²) in [5, 5.41) is 6.75. The maximum absolute atomic E-state index is 13.6. The largest absolute Gasteiger partial charge is 0.323 e. The van der Waals surface area contributed by atoms with Crippen LogP contribution in [0.1, 0.15) is 30.9 Å². The SMILES string of the molecule is CCCCN1C(=O)[C@@H]2C(Cc3ccccc3)NC3(C(=O)Nc4c(Cl)cccc43)[C@@H]2C1=O. The third kappa shape index (κ3) is 2.85. The minimum absolute atomic E-state index is 0.183. The van der Waals surface area contributed by atoms with Gasteiger partial charge in [0, 0.05) is 18.2 Å². The Hall–Kier alpha value is -2.70. The van der Waals surface area contributed by atoms with E-state index in [1.54, 1.807) is 12.1 Å². The molecule has 3 aliphatic rings. The van der Waals surface area contributed by atoms with Gasteiger partial charge in [0.25, 0.3) is 0 Å². The van der Waals surface area contributed by atoms with Gasteiger partial charge in [-0.25, -0.2) is 0 Å². The van der Waals surface area contributed by atoms with Gasteiger partial charge in [-0.05, 0) is 24.5 Å². The van der Waals surface area contributed by atoms with Gasteiger partial charge in [0.2, 0.25) is 17.7 Å². The van der Waals surface area contributed by atoms with Crippen molar-refractivity contribution in [1.29, 1.82) is 0 Å². The molecule has 3 amide bonds. The van der Waals surface area contributed by atoms with Crippen LogP contribution in [0.2, 0.25) is 5.02 Å². The van der Waals surface area contributed by atoms with E-state index in [9.17, 15) is 14.4 Å². The first-order chi connectivity index (χ1) is 15.0. The second kappa shape index (κ2) is 7.46. The molecule has 0 bridgehead atoms. The molecule has 2 saturated heterocycles. The lowest BCUT2D eigenvalue weighted by atomic mass is 9.76. The first kappa shape index (κ1) is 20.2. The van der Waals surface area contributed by atoms with Crippen LogP contribution < -0.4 is 10.6 Å². The number of rotatable bonds is 5. The highest BCUT2D eigenvalue weighted by Gasteiger charge is 2.70. The van der Waals surface area contributed by atoms with Crippen LogP contribution in [0, 0.1) is 11.8 Å². The smallest absolute Gasteiger partial charge is 0.250 e. The number of nitrogens with one attached hydrogen (secondary N) is 2. The van der Waals surface area contributed by atoms with Crippen molar-refractivity contribution in [3.63, 3.8) is 0 Å². The molecule has 3 aliphatic heterocycles. The number of hydrogen-bond donors (Lipinski definition) is 2. The van der Waals surface area contributed by atoms with Crippen molar-refractivity contribution in [2.75, 3.05) is 11.9 Å². The molecule has 7 heteroatoms. The molecule has 0 aliphatic carbocycles. The average Bonchev–Trinajstić information content (AvgIpc) is 3.34. The number of imide groups is 1. The van der Waals surface area contributed by atoms with E-state index < -0.39 is 17.4 Å². The third-order valence-corrected chi connectivity index (χ3v) is 7.14. The summed E-state index contributed by atoms with van der Waals surface area (Å²) in [4.78, 5) is 41.8. The maximum Gasteiger partial charge on any atom is 0.250 e. The molecule has 5 rings (SSSR count). The van der Waals surface area contributed by atoms with Gasteiger partial charge < -0.3 is 5.32 Å². The number of carbonyl (C=O) groups excluding carboxylic acids is 3. The van der Waals surface area contributed by atoms with Gasteiger partial charge in [0.1, 0.15) is 5.54 Å². The van der Waals surface area contributed by atoms with Crippen LogP contribution in [0.3, 0.4) is 0 Å². The molecule has 3 heterocycles. The molecule has 2 unspecified atom stereocenters. The van der Waals surface area contributed by atoms with Crippen LogP contribution in [0.5, 0.6) is 0 Å². The summed E-state index contributed by atoms with van der Waals surface area (Å²) >= 11 is 6.36. The van der Waals surface area contributed by atoms with Crippen molar-refractivity contribution < 1.29 is 14.4 Å². The summed E-state index contributed by atoms with van der Waals surface area (Å²) in [6, 6.07) is 14.8. The van der Waals surface area contributed by atoms with Crippen molar-refractivity contribution in [1.82, 2.24) is 10.2 Å². The van der Waals surface area contributed by atoms with Crippen LogP contribution in [0.15, 0.2) is 48.5 Å². The zero-order valence-electron chi connectivity index (χ0n) is 17.2. The molecule has 2 N–H and O–H groups in total. The first-order valence-corrected chi connectivity index (χ1v) is 11.1. The minimum Gasteiger partial charge on any atom is -0.323 e. The lowest BCUT2D eigenvalue weighted by Gasteiger charge is -2.29. The highest BCUT2D eigenvalue weighted by Crippen LogP contribution is 2.54. The quantitative estimate of drug-likeness (QED) is 0.704. The average molecular weight is 438 g/mol. The zero-order valence-corrected chi connectivity index (χ0v) is 18.0. The Balaban J connectivity index is 1.62. The molecule has 2 fully saturated rings. The number of likely N-dealkylation sites (tertiary alicyclic amines) is 1. The number of para-hydroxylation sites is 1. The Labute approximate surface area is 185 Å². The number of carbonyl (C=O) groups is 3. The molecule has 1 spiro atoms. The number of fused-ring (bicyclic) bond motifs is 4. The maximum atomic E-state index is 13.6. The van der Waals surface area contributed by atoms with E-state index in [1.807, 2.05) is 43.3 Å². The highest BCUT2D eigenvalue weighted by molar-refractivity contribution is 6.35. The predicted molar refractivity (Wildman–Crippen MR) is 117 cm³/mol. The summed E-state index contributed by atoms with van der Waals surface area (Å²) in [6.07, 6.45) is 2.17. The lowest BCUT2D eigenvalue weighted by molar-refractivity contribution is -0.142. The topological polar surface area (TPSA) is 78.5 Å². The number of hydrogen-bond acceptors (Lipinski definition) is 4. The van der Waals surface area contributed by atoms with Crippen molar-refractivity contribution in [3.05, 3.63) is 64.7 Å². The van der Waals surface area contributed by atoms with E-state index >= 15 is 0 Å². The molecular weight excluding hydrogens is 414 g/mol. The van der Waals surface area contributed by atoms with E-state index in [-0.39, 0.29) is 23.8 Å². The Morgan fingerprint density at radius 2 is 1.81 bits per heavy atom. The number of amides is 3. The standard InChI is InChI=1S/C24H24ClN3O3/c1-2-3-12-28-21(29)18-17(13-14-8-5-4-6-9-14)27-24(19(18)22(28)30)15-10-7-11-16(25)20(15)26-23(24)31/h4-11,17-19,27H,2-3,12-13H2,1H3,(H,26,31)/t17?,18-,19+,24?/m1/s1. The van der Waals surface area contributed by atoms with E-state index in [0.29, 0.717) is 29.2 Å². The van der Waals surface area contributed by atoms with Crippen LogP contribution in [-0.4, -0.2) is 35.2 Å². The van der Waals surface area contributed by atoms with Crippen LogP contribution in [-0.2, 0) is 26.3 Å². The zero-order chi connectivity index (χ0) is 21.8. The number of anilines is 1. The molecule has 0 aromatic heterocycles. The Morgan fingerprint density at radius 1 is 1.03 bits per heavy atom. The number of halogens is 1. The molecule has 31 heavy (non-hydrogen) atoms. The fourth-order valence-electron chi connectivity index (χ4n) is 5.43. The van der Waals surface area contributed by atoms with Gasteiger partial charge in [0.05, 0.1) is 22.5 Å². The fourth-order valence-corrected chi connectivity index (χ4v) is 5.65. The van der Waals surface area contributed by atoms with Crippen molar-refractivity contribution in [2.24, 2.45) is 11.8 Å². The van der Waals surface area contributed by atoms with Crippen molar-refractivity contribution in [3.8, 4) is 0 Å². The lowest BCUT2D eigenvalue weighted by Crippen LogP contribution is -2.53. The van der Waals surface area contributed by atoms with E-state index in [1.165, 1.54) is 4.90 Å². The van der Waals surface area contributed by atoms with Gasteiger partial charge in [-0.15, -0.1) is 0 Å². The summed E-state index contributed by atoms with van der Waals surface area (Å²) in [7, 11) is 0. The van der Waals surface area contributed by atoms with Crippen LogP contribution >= 0.6 is 11.6 Å².